The predicted octanol–water partition coefficient (Wildman–Crippen LogP) is 3.21. The molecule has 0 aliphatic rings. The van der Waals surface area contributed by atoms with E-state index < -0.39 is 0 Å². The van der Waals surface area contributed by atoms with Gasteiger partial charge in [0.1, 0.15) is 5.75 Å². The molecule has 0 radical (unpaired) electrons. The standard InChI is InChI=1S/C14H18O/c1-4-6-7-8-13-11-12(5-2)9-10-14(13)15-3/h9-11H,5,7-8H2,1-3H3. The van der Waals surface area contributed by atoms with Gasteiger partial charge in [-0.25, -0.2) is 0 Å². The Labute approximate surface area is 92.5 Å². The fraction of sp³-hybridized carbons (Fsp3) is 0.429. The van der Waals surface area contributed by atoms with Gasteiger partial charge in [0.15, 0.2) is 0 Å². The first kappa shape index (κ1) is 11.7. The maximum atomic E-state index is 5.33. The van der Waals surface area contributed by atoms with Gasteiger partial charge >= 0.3 is 0 Å². The Hall–Kier alpha value is -1.42. The van der Waals surface area contributed by atoms with Crippen LogP contribution >= 0.6 is 0 Å². The lowest BCUT2D eigenvalue weighted by atomic mass is 10.0. The Morgan fingerprint density at radius 3 is 2.73 bits per heavy atom. The number of ether oxygens (including phenoxy) is 1. The first-order valence-corrected chi connectivity index (χ1v) is 5.37. The molecule has 0 spiro atoms. The van der Waals surface area contributed by atoms with E-state index in [1.54, 1.807) is 7.11 Å². The maximum Gasteiger partial charge on any atom is 0.122 e. The summed E-state index contributed by atoms with van der Waals surface area (Å²) < 4.78 is 5.33. The van der Waals surface area contributed by atoms with Gasteiger partial charge in [0.25, 0.3) is 0 Å². The third kappa shape index (κ3) is 3.32. The van der Waals surface area contributed by atoms with Crippen molar-refractivity contribution in [3.8, 4) is 17.6 Å². The Balaban J connectivity index is 2.84. The lowest BCUT2D eigenvalue weighted by molar-refractivity contribution is 0.409. The van der Waals surface area contributed by atoms with Crippen molar-refractivity contribution in [3.63, 3.8) is 0 Å². The Kier molecular flexibility index (Phi) is 4.77. The molecule has 15 heavy (non-hydrogen) atoms. The normalized spacial score (nSPS) is 9.27. The van der Waals surface area contributed by atoms with Crippen LogP contribution < -0.4 is 4.74 Å². The summed E-state index contributed by atoms with van der Waals surface area (Å²) in [6, 6.07) is 6.39. The molecule has 1 aromatic carbocycles. The van der Waals surface area contributed by atoms with Crippen LogP contribution in [0.3, 0.4) is 0 Å². The van der Waals surface area contributed by atoms with E-state index in [0.29, 0.717) is 0 Å². The van der Waals surface area contributed by atoms with E-state index in [-0.39, 0.29) is 0 Å². The zero-order chi connectivity index (χ0) is 11.1. The van der Waals surface area contributed by atoms with Gasteiger partial charge in [-0.15, -0.1) is 11.8 Å². The summed E-state index contributed by atoms with van der Waals surface area (Å²) >= 11 is 0. The van der Waals surface area contributed by atoms with Crippen molar-refractivity contribution in [1.82, 2.24) is 0 Å². The molecular formula is C14H18O. The molecule has 1 aromatic rings. The predicted molar refractivity (Wildman–Crippen MR) is 64.1 cm³/mol. The molecule has 0 bridgehead atoms. The van der Waals surface area contributed by atoms with Crippen molar-refractivity contribution in [3.05, 3.63) is 29.3 Å². The van der Waals surface area contributed by atoms with Gasteiger partial charge in [-0.1, -0.05) is 19.1 Å². The Bertz CT molecular complexity index is 369. The third-order valence-corrected chi connectivity index (χ3v) is 2.45. The summed E-state index contributed by atoms with van der Waals surface area (Å²) in [7, 11) is 1.72. The molecule has 1 rings (SSSR count). The van der Waals surface area contributed by atoms with Gasteiger partial charge in [-0.2, -0.15) is 0 Å². The third-order valence-electron chi connectivity index (χ3n) is 2.45. The van der Waals surface area contributed by atoms with Gasteiger partial charge in [-0.3, -0.25) is 0 Å². The van der Waals surface area contributed by atoms with Crippen LogP contribution in [0.25, 0.3) is 0 Å². The summed E-state index contributed by atoms with van der Waals surface area (Å²) in [5, 5.41) is 0. The van der Waals surface area contributed by atoms with Gasteiger partial charge < -0.3 is 4.74 Å². The van der Waals surface area contributed by atoms with E-state index in [2.05, 4.69) is 30.9 Å². The van der Waals surface area contributed by atoms with Crippen LogP contribution in [-0.2, 0) is 12.8 Å². The summed E-state index contributed by atoms with van der Waals surface area (Å²) in [6.07, 6.45) is 2.94. The molecule has 0 fully saturated rings. The van der Waals surface area contributed by atoms with Crippen LogP contribution in [0, 0.1) is 11.8 Å². The van der Waals surface area contributed by atoms with Gasteiger partial charge in [-0.05, 0) is 37.0 Å². The zero-order valence-corrected chi connectivity index (χ0v) is 9.76. The minimum Gasteiger partial charge on any atom is -0.496 e. The smallest absolute Gasteiger partial charge is 0.122 e. The monoisotopic (exact) mass is 202 g/mol. The van der Waals surface area contributed by atoms with E-state index in [1.165, 1.54) is 11.1 Å². The molecule has 0 aliphatic heterocycles. The van der Waals surface area contributed by atoms with E-state index in [4.69, 9.17) is 4.74 Å². The minimum atomic E-state index is 0.903. The highest BCUT2D eigenvalue weighted by Crippen LogP contribution is 2.21. The van der Waals surface area contributed by atoms with Crippen LogP contribution in [-0.4, -0.2) is 7.11 Å². The minimum absolute atomic E-state index is 0.903. The number of methoxy groups -OCH3 is 1. The molecule has 1 heteroatoms. The number of hydrogen-bond donors (Lipinski definition) is 0. The second-order valence-corrected chi connectivity index (χ2v) is 3.43. The second-order valence-electron chi connectivity index (χ2n) is 3.43. The quantitative estimate of drug-likeness (QED) is 0.681. The van der Waals surface area contributed by atoms with E-state index in [0.717, 1.165) is 25.0 Å². The van der Waals surface area contributed by atoms with Crippen molar-refractivity contribution in [1.29, 1.82) is 0 Å². The number of aryl methyl sites for hydroxylation is 2. The molecule has 80 valence electrons. The molecule has 0 aromatic heterocycles. The van der Waals surface area contributed by atoms with Crippen molar-refractivity contribution in [2.45, 2.75) is 33.1 Å². The lowest BCUT2D eigenvalue weighted by Crippen LogP contribution is -1.94. The first-order chi connectivity index (χ1) is 7.31. The number of rotatable bonds is 4. The fourth-order valence-electron chi connectivity index (χ4n) is 1.57. The molecule has 0 aliphatic carbocycles. The molecular weight excluding hydrogens is 184 g/mol. The van der Waals surface area contributed by atoms with Crippen LogP contribution in [0.5, 0.6) is 5.75 Å². The molecule has 0 atom stereocenters. The molecule has 0 N–H and O–H groups in total. The summed E-state index contributed by atoms with van der Waals surface area (Å²) in [5.41, 5.74) is 2.62. The summed E-state index contributed by atoms with van der Waals surface area (Å²) in [6.45, 7) is 4.04. The second kappa shape index (κ2) is 6.14. The van der Waals surface area contributed by atoms with Crippen LogP contribution in [0.2, 0.25) is 0 Å². The number of benzene rings is 1. The summed E-state index contributed by atoms with van der Waals surface area (Å²) in [5.74, 6) is 6.97. The first-order valence-electron chi connectivity index (χ1n) is 5.37. The van der Waals surface area contributed by atoms with Crippen molar-refractivity contribution in [2.24, 2.45) is 0 Å². The molecule has 0 amide bonds. The summed E-state index contributed by atoms with van der Waals surface area (Å²) in [4.78, 5) is 0. The van der Waals surface area contributed by atoms with Crippen molar-refractivity contribution in [2.75, 3.05) is 7.11 Å². The van der Waals surface area contributed by atoms with E-state index in [9.17, 15) is 0 Å². The van der Waals surface area contributed by atoms with E-state index >= 15 is 0 Å². The zero-order valence-electron chi connectivity index (χ0n) is 9.76. The SMILES string of the molecule is CC#CCCc1cc(CC)ccc1OC. The highest BCUT2D eigenvalue weighted by Gasteiger charge is 2.02. The molecule has 0 saturated heterocycles. The van der Waals surface area contributed by atoms with Crippen molar-refractivity contribution < 1.29 is 4.74 Å². The molecule has 1 nitrogen and oxygen atoms in total. The van der Waals surface area contributed by atoms with Crippen molar-refractivity contribution >= 4 is 0 Å². The Morgan fingerprint density at radius 1 is 1.33 bits per heavy atom. The average molecular weight is 202 g/mol. The average Bonchev–Trinajstić information content (AvgIpc) is 2.29. The van der Waals surface area contributed by atoms with Gasteiger partial charge in [0, 0.05) is 6.42 Å². The molecule has 0 saturated carbocycles. The Morgan fingerprint density at radius 2 is 2.13 bits per heavy atom. The van der Waals surface area contributed by atoms with Crippen LogP contribution in [0.4, 0.5) is 0 Å². The maximum absolute atomic E-state index is 5.33. The highest BCUT2D eigenvalue weighted by atomic mass is 16.5. The van der Waals surface area contributed by atoms with Crippen LogP contribution in [0.15, 0.2) is 18.2 Å². The van der Waals surface area contributed by atoms with Crippen LogP contribution in [0.1, 0.15) is 31.4 Å². The number of hydrogen-bond acceptors (Lipinski definition) is 1. The fourth-order valence-corrected chi connectivity index (χ4v) is 1.57. The highest BCUT2D eigenvalue weighted by molar-refractivity contribution is 5.37. The molecule has 0 heterocycles. The molecule has 0 unspecified atom stereocenters. The lowest BCUT2D eigenvalue weighted by Gasteiger charge is -2.08. The van der Waals surface area contributed by atoms with Gasteiger partial charge in [0.2, 0.25) is 0 Å². The van der Waals surface area contributed by atoms with E-state index in [1.807, 2.05) is 13.0 Å². The topological polar surface area (TPSA) is 9.23 Å². The van der Waals surface area contributed by atoms with Gasteiger partial charge in [0.05, 0.1) is 7.11 Å². The largest absolute Gasteiger partial charge is 0.496 e.